The number of amides is 1. The van der Waals surface area contributed by atoms with E-state index in [9.17, 15) is 13.2 Å². The van der Waals surface area contributed by atoms with Crippen molar-refractivity contribution in [3.63, 3.8) is 0 Å². The lowest BCUT2D eigenvalue weighted by Gasteiger charge is -2.34. The molecule has 0 unspecified atom stereocenters. The number of benzene rings is 3. The van der Waals surface area contributed by atoms with Crippen LogP contribution in [0, 0.1) is 11.3 Å². The highest BCUT2D eigenvalue weighted by atomic mass is 32.2. The van der Waals surface area contributed by atoms with Gasteiger partial charge >= 0.3 is 0 Å². The molecule has 0 spiro atoms. The zero-order chi connectivity index (χ0) is 21.8. The molecule has 1 aliphatic heterocycles. The lowest BCUT2D eigenvalue weighted by molar-refractivity contribution is 0.0698. The largest absolute Gasteiger partial charge is 0.336 e. The van der Waals surface area contributed by atoms with Gasteiger partial charge in [0.2, 0.25) is 10.0 Å². The normalized spacial score (nSPS) is 14.7. The molecule has 4 rings (SSSR count). The standard InChI is InChI=1S/C24H21N3O3S/c25-18-19-6-12-23(13-7-19)31(29,30)27-16-14-26(15-17-27)24(28)22-10-8-21(9-11-22)20-4-2-1-3-5-20/h1-13H,14-17H2. The molecule has 31 heavy (non-hydrogen) atoms. The van der Waals surface area contributed by atoms with E-state index in [1.165, 1.54) is 28.6 Å². The van der Waals surface area contributed by atoms with Gasteiger partial charge < -0.3 is 4.90 Å². The van der Waals surface area contributed by atoms with Crippen molar-refractivity contribution in [3.8, 4) is 17.2 Å². The Bertz CT molecular complexity index is 1210. The van der Waals surface area contributed by atoms with Crippen LogP contribution in [0.2, 0.25) is 0 Å². The topological polar surface area (TPSA) is 81.5 Å². The van der Waals surface area contributed by atoms with Crippen LogP contribution in [0.1, 0.15) is 15.9 Å². The minimum absolute atomic E-state index is 0.102. The SMILES string of the molecule is N#Cc1ccc(S(=O)(=O)N2CCN(C(=O)c3ccc(-c4ccccc4)cc3)CC2)cc1. The Morgan fingerprint density at radius 2 is 1.35 bits per heavy atom. The zero-order valence-electron chi connectivity index (χ0n) is 16.8. The lowest BCUT2D eigenvalue weighted by atomic mass is 10.0. The molecule has 0 atom stereocenters. The average Bonchev–Trinajstić information content (AvgIpc) is 2.84. The summed E-state index contributed by atoms with van der Waals surface area (Å²) in [5, 5.41) is 8.88. The van der Waals surface area contributed by atoms with E-state index < -0.39 is 10.0 Å². The van der Waals surface area contributed by atoms with Gasteiger partial charge in [-0.1, -0.05) is 42.5 Å². The fourth-order valence-corrected chi connectivity index (χ4v) is 5.02. The van der Waals surface area contributed by atoms with Crippen LogP contribution in [0.15, 0.2) is 83.8 Å². The molecule has 6 nitrogen and oxygen atoms in total. The highest BCUT2D eigenvalue weighted by molar-refractivity contribution is 7.89. The molecule has 1 aliphatic rings. The smallest absolute Gasteiger partial charge is 0.253 e. The van der Waals surface area contributed by atoms with Crippen molar-refractivity contribution in [2.45, 2.75) is 4.90 Å². The van der Waals surface area contributed by atoms with Gasteiger partial charge in [0.1, 0.15) is 0 Å². The van der Waals surface area contributed by atoms with Gasteiger partial charge in [-0.25, -0.2) is 8.42 Å². The van der Waals surface area contributed by atoms with Crippen molar-refractivity contribution >= 4 is 15.9 Å². The quantitative estimate of drug-likeness (QED) is 0.634. The van der Waals surface area contributed by atoms with E-state index in [0.717, 1.165) is 11.1 Å². The number of nitriles is 1. The minimum Gasteiger partial charge on any atom is -0.336 e. The summed E-state index contributed by atoms with van der Waals surface area (Å²) in [7, 11) is -3.65. The molecule has 0 bridgehead atoms. The van der Waals surface area contributed by atoms with Crippen LogP contribution in [0.4, 0.5) is 0 Å². The van der Waals surface area contributed by atoms with Crippen molar-refractivity contribution in [2.75, 3.05) is 26.2 Å². The number of rotatable bonds is 4. The first-order chi connectivity index (χ1) is 15.0. The van der Waals surface area contributed by atoms with E-state index in [4.69, 9.17) is 5.26 Å². The molecule has 1 fully saturated rings. The second kappa shape index (κ2) is 8.72. The molecule has 7 heteroatoms. The number of sulfonamides is 1. The van der Waals surface area contributed by atoms with E-state index in [2.05, 4.69) is 0 Å². The van der Waals surface area contributed by atoms with E-state index >= 15 is 0 Å². The van der Waals surface area contributed by atoms with E-state index in [1.54, 1.807) is 4.90 Å². The van der Waals surface area contributed by atoms with Crippen molar-refractivity contribution in [1.29, 1.82) is 5.26 Å². The van der Waals surface area contributed by atoms with E-state index in [-0.39, 0.29) is 23.9 Å². The fourth-order valence-electron chi connectivity index (χ4n) is 3.60. The van der Waals surface area contributed by atoms with Gasteiger partial charge in [0.25, 0.3) is 5.91 Å². The predicted octanol–water partition coefficient (Wildman–Crippen LogP) is 3.37. The maximum atomic E-state index is 12.9. The van der Waals surface area contributed by atoms with Crippen molar-refractivity contribution in [3.05, 3.63) is 90.0 Å². The molecule has 1 amide bonds. The van der Waals surface area contributed by atoms with Gasteiger partial charge in [-0.2, -0.15) is 9.57 Å². The molecule has 1 saturated heterocycles. The van der Waals surface area contributed by atoms with Crippen LogP contribution in [-0.4, -0.2) is 49.7 Å². The van der Waals surface area contributed by atoms with Gasteiger partial charge in [-0.3, -0.25) is 4.79 Å². The molecule has 0 radical (unpaired) electrons. The molecule has 1 heterocycles. The first kappa shape index (κ1) is 20.8. The number of piperazine rings is 1. The molecule has 0 aromatic heterocycles. The second-order valence-corrected chi connectivity index (χ2v) is 9.21. The summed E-state index contributed by atoms with van der Waals surface area (Å²) < 4.78 is 27.1. The molecule has 0 saturated carbocycles. The van der Waals surface area contributed by atoms with Crippen LogP contribution in [0.5, 0.6) is 0 Å². The summed E-state index contributed by atoms with van der Waals surface area (Å²) in [4.78, 5) is 14.7. The van der Waals surface area contributed by atoms with Gasteiger partial charge in [-0.15, -0.1) is 0 Å². The zero-order valence-corrected chi connectivity index (χ0v) is 17.6. The van der Waals surface area contributed by atoms with E-state index in [1.807, 2.05) is 60.7 Å². The Morgan fingerprint density at radius 3 is 1.94 bits per heavy atom. The minimum atomic E-state index is -3.65. The molecule has 3 aromatic rings. The van der Waals surface area contributed by atoms with Gasteiger partial charge in [0, 0.05) is 31.7 Å². The number of hydrogen-bond donors (Lipinski definition) is 0. The summed E-state index contributed by atoms with van der Waals surface area (Å²) in [5.41, 5.74) is 3.12. The molecular weight excluding hydrogens is 410 g/mol. The number of carbonyl (C=O) groups is 1. The number of carbonyl (C=O) groups excluding carboxylic acids is 1. The maximum Gasteiger partial charge on any atom is 0.253 e. The molecule has 156 valence electrons. The summed E-state index contributed by atoms with van der Waals surface area (Å²) in [5.74, 6) is -0.102. The molecule has 0 aliphatic carbocycles. The summed E-state index contributed by atoms with van der Waals surface area (Å²) in [6.07, 6.45) is 0. The van der Waals surface area contributed by atoms with Gasteiger partial charge in [0.15, 0.2) is 0 Å². The monoisotopic (exact) mass is 431 g/mol. The van der Waals surface area contributed by atoms with Crippen molar-refractivity contribution in [2.24, 2.45) is 0 Å². The van der Waals surface area contributed by atoms with Crippen LogP contribution < -0.4 is 0 Å². The van der Waals surface area contributed by atoms with Crippen molar-refractivity contribution < 1.29 is 13.2 Å². The average molecular weight is 432 g/mol. The Labute approximate surface area is 182 Å². The van der Waals surface area contributed by atoms with Crippen LogP contribution >= 0.6 is 0 Å². The Kier molecular flexibility index (Phi) is 5.85. The number of nitrogens with zero attached hydrogens (tertiary/aromatic N) is 3. The lowest BCUT2D eigenvalue weighted by Crippen LogP contribution is -2.50. The van der Waals surface area contributed by atoms with Crippen LogP contribution in [0.3, 0.4) is 0 Å². The van der Waals surface area contributed by atoms with Crippen LogP contribution in [0.25, 0.3) is 11.1 Å². The van der Waals surface area contributed by atoms with Gasteiger partial charge in [0.05, 0.1) is 16.5 Å². The molecule has 0 N–H and O–H groups in total. The highest BCUT2D eigenvalue weighted by Gasteiger charge is 2.30. The predicted molar refractivity (Wildman–Crippen MR) is 118 cm³/mol. The molecular formula is C24H21N3O3S. The third kappa shape index (κ3) is 4.36. The maximum absolute atomic E-state index is 12.9. The summed E-state index contributed by atoms with van der Waals surface area (Å²) >= 11 is 0. The third-order valence-corrected chi connectivity index (χ3v) is 7.30. The number of hydrogen-bond acceptors (Lipinski definition) is 4. The summed E-state index contributed by atoms with van der Waals surface area (Å²) in [6.45, 7) is 1.12. The fraction of sp³-hybridized carbons (Fsp3) is 0.167. The Morgan fingerprint density at radius 1 is 0.774 bits per heavy atom. The Hall–Kier alpha value is -3.47. The first-order valence-corrected chi connectivity index (χ1v) is 11.4. The highest BCUT2D eigenvalue weighted by Crippen LogP contribution is 2.22. The second-order valence-electron chi connectivity index (χ2n) is 7.28. The summed E-state index contributed by atoms with van der Waals surface area (Å²) in [6, 6.07) is 25.3. The Balaban J connectivity index is 1.41. The van der Waals surface area contributed by atoms with Gasteiger partial charge in [-0.05, 0) is 47.5 Å². The van der Waals surface area contributed by atoms with Crippen molar-refractivity contribution in [1.82, 2.24) is 9.21 Å². The first-order valence-electron chi connectivity index (χ1n) is 9.94. The van der Waals surface area contributed by atoms with Crippen LogP contribution in [-0.2, 0) is 10.0 Å². The third-order valence-electron chi connectivity index (χ3n) is 5.39. The molecule has 3 aromatic carbocycles. The van der Waals surface area contributed by atoms with E-state index in [0.29, 0.717) is 24.2 Å².